The molecule has 0 heterocycles. The maximum atomic E-state index is 5.63. The maximum Gasteiger partial charge on any atom is 0.119 e. The van der Waals surface area contributed by atoms with Gasteiger partial charge in [0.05, 0.1) is 13.7 Å². The molecule has 0 saturated carbocycles. The lowest BCUT2D eigenvalue weighted by Crippen LogP contribution is -2.17. The molecule has 1 N–H and O–H groups in total. The van der Waals surface area contributed by atoms with Gasteiger partial charge in [-0.05, 0) is 42.8 Å². The molecule has 2 aromatic carbocycles. The minimum Gasteiger partial charge on any atom is -0.497 e. The van der Waals surface area contributed by atoms with Crippen molar-refractivity contribution in [2.24, 2.45) is 0 Å². The van der Waals surface area contributed by atoms with E-state index in [0.29, 0.717) is 0 Å². The molecule has 0 radical (unpaired) electrons. The van der Waals surface area contributed by atoms with Gasteiger partial charge in [0.25, 0.3) is 0 Å². The third-order valence-corrected chi connectivity index (χ3v) is 2.97. The second kappa shape index (κ2) is 8.23. The van der Waals surface area contributed by atoms with Crippen LogP contribution < -0.4 is 14.8 Å². The third kappa shape index (κ3) is 4.94. The van der Waals surface area contributed by atoms with Crippen LogP contribution in [0.4, 0.5) is 0 Å². The molecule has 0 aliphatic rings. The van der Waals surface area contributed by atoms with Crippen LogP contribution in [-0.2, 0) is 6.54 Å². The quantitative estimate of drug-likeness (QED) is 0.748. The predicted octanol–water partition coefficient (Wildman–Crippen LogP) is 3.25. The van der Waals surface area contributed by atoms with Gasteiger partial charge in [0.1, 0.15) is 11.5 Å². The molecule has 0 spiro atoms. The molecule has 0 bridgehead atoms. The van der Waals surface area contributed by atoms with E-state index in [1.54, 1.807) is 7.11 Å². The SMILES string of the molecule is COc1cccc(CNCCCOc2ccccc2)c1. The van der Waals surface area contributed by atoms with Gasteiger partial charge in [0.15, 0.2) is 0 Å². The van der Waals surface area contributed by atoms with Gasteiger partial charge in [-0.1, -0.05) is 30.3 Å². The highest BCUT2D eigenvalue weighted by molar-refractivity contribution is 5.28. The number of benzene rings is 2. The summed E-state index contributed by atoms with van der Waals surface area (Å²) in [6.07, 6.45) is 0.985. The van der Waals surface area contributed by atoms with Gasteiger partial charge < -0.3 is 14.8 Å². The Morgan fingerprint density at radius 1 is 0.950 bits per heavy atom. The van der Waals surface area contributed by atoms with Crippen LogP contribution in [0.3, 0.4) is 0 Å². The lowest BCUT2D eigenvalue weighted by atomic mass is 10.2. The van der Waals surface area contributed by atoms with Gasteiger partial charge in [0, 0.05) is 6.54 Å². The van der Waals surface area contributed by atoms with Crippen molar-refractivity contribution in [1.82, 2.24) is 5.32 Å². The fourth-order valence-corrected chi connectivity index (χ4v) is 1.92. The Hall–Kier alpha value is -2.00. The first-order valence-corrected chi connectivity index (χ1v) is 6.90. The highest BCUT2D eigenvalue weighted by atomic mass is 16.5. The summed E-state index contributed by atoms with van der Waals surface area (Å²) in [5.74, 6) is 1.83. The summed E-state index contributed by atoms with van der Waals surface area (Å²) in [7, 11) is 1.69. The van der Waals surface area contributed by atoms with Crippen LogP contribution in [0.15, 0.2) is 54.6 Å². The molecule has 106 valence electrons. The van der Waals surface area contributed by atoms with Crippen molar-refractivity contribution in [3.8, 4) is 11.5 Å². The standard InChI is InChI=1S/C17H21NO2/c1-19-17-10-5-7-15(13-17)14-18-11-6-12-20-16-8-3-2-4-9-16/h2-5,7-10,13,18H,6,11-12,14H2,1H3. The third-order valence-electron chi connectivity index (χ3n) is 2.97. The maximum absolute atomic E-state index is 5.63. The minimum absolute atomic E-state index is 0.731. The Bertz CT molecular complexity index is 499. The fourth-order valence-electron chi connectivity index (χ4n) is 1.92. The van der Waals surface area contributed by atoms with E-state index >= 15 is 0 Å². The van der Waals surface area contributed by atoms with Crippen molar-refractivity contribution in [2.75, 3.05) is 20.3 Å². The molecular formula is C17H21NO2. The molecule has 0 fully saturated rings. The molecule has 2 rings (SSSR count). The van der Waals surface area contributed by atoms with Gasteiger partial charge in [0.2, 0.25) is 0 Å². The first-order valence-electron chi connectivity index (χ1n) is 6.90. The summed E-state index contributed by atoms with van der Waals surface area (Å²) >= 11 is 0. The van der Waals surface area contributed by atoms with E-state index in [1.807, 2.05) is 48.5 Å². The van der Waals surface area contributed by atoms with Crippen molar-refractivity contribution < 1.29 is 9.47 Å². The number of ether oxygens (including phenoxy) is 2. The van der Waals surface area contributed by atoms with Crippen molar-refractivity contribution in [1.29, 1.82) is 0 Å². The molecule has 2 aromatic rings. The lowest BCUT2D eigenvalue weighted by Gasteiger charge is -2.08. The summed E-state index contributed by atoms with van der Waals surface area (Å²) in [6.45, 7) is 2.52. The molecular weight excluding hydrogens is 250 g/mol. The van der Waals surface area contributed by atoms with E-state index in [2.05, 4.69) is 11.4 Å². The second-order valence-corrected chi connectivity index (χ2v) is 4.54. The number of hydrogen-bond donors (Lipinski definition) is 1. The molecule has 0 saturated heterocycles. The summed E-state index contributed by atoms with van der Waals surface area (Å²) in [5.41, 5.74) is 1.23. The average Bonchev–Trinajstić information content (AvgIpc) is 2.52. The van der Waals surface area contributed by atoms with Crippen molar-refractivity contribution in [2.45, 2.75) is 13.0 Å². The molecule has 0 aromatic heterocycles. The van der Waals surface area contributed by atoms with Crippen LogP contribution in [-0.4, -0.2) is 20.3 Å². The molecule has 0 amide bonds. The molecule has 0 atom stereocenters. The molecule has 20 heavy (non-hydrogen) atoms. The topological polar surface area (TPSA) is 30.5 Å². The van der Waals surface area contributed by atoms with Crippen molar-refractivity contribution in [3.05, 3.63) is 60.2 Å². The number of hydrogen-bond acceptors (Lipinski definition) is 3. The Balaban J connectivity index is 1.59. The van der Waals surface area contributed by atoms with E-state index in [9.17, 15) is 0 Å². The zero-order chi connectivity index (χ0) is 14.0. The van der Waals surface area contributed by atoms with Gasteiger partial charge >= 0.3 is 0 Å². The minimum atomic E-state index is 0.731. The molecule has 3 heteroatoms. The van der Waals surface area contributed by atoms with E-state index < -0.39 is 0 Å². The number of rotatable bonds is 8. The summed E-state index contributed by atoms with van der Waals surface area (Å²) in [4.78, 5) is 0. The first kappa shape index (κ1) is 14.4. The van der Waals surface area contributed by atoms with Crippen molar-refractivity contribution in [3.63, 3.8) is 0 Å². The first-order chi connectivity index (χ1) is 9.88. The fraction of sp³-hybridized carbons (Fsp3) is 0.294. The van der Waals surface area contributed by atoms with Gasteiger partial charge in [-0.25, -0.2) is 0 Å². The highest BCUT2D eigenvalue weighted by Crippen LogP contribution is 2.12. The Morgan fingerprint density at radius 2 is 1.75 bits per heavy atom. The van der Waals surface area contributed by atoms with E-state index in [4.69, 9.17) is 9.47 Å². The Labute approximate surface area is 120 Å². The highest BCUT2D eigenvalue weighted by Gasteiger charge is 1.96. The predicted molar refractivity (Wildman–Crippen MR) is 81.3 cm³/mol. The molecule has 0 unspecified atom stereocenters. The van der Waals surface area contributed by atoms with Gasteiger partial charge in [-0.3, -0.25) is 0 Å². The van der Waals surface area contributed by atoms with Crippen molar-refractivity contribution >= 4 is 0 Å². The normalized spacial score (nSPS) is 10.2. The summed E-state index contributed by atoms with van der Waals surface area (Å²) in [6, 6.07) is 18.0. The van der Waals surface area contributed by atoms with E-state index in [1.165, 1.54) is 5.56 Å². The lowest BCUT2D eigenvalue weighted by molar-refractivity contribution is 0.308. The Kier molecular flexibility index (Phi) is 5.93. The summed E-state index contributed by atoms with van der Waals surface area (Å²) < 4.78 is 10.8. The largest absolute Gasteiger partial charge is 0.497 e. The van der Waals surface area contributed by atoms with Gasteiger partial charge in [-0.2, -0.15) is 0 Å². The van der Waals surface area contributed by atoms with Gasteiger partial charge in [-0.15, -0.1) is 0 Å². The van der Waals surface area contributed by atoms with Crippen LogP contribution in [0.5, 0.6) is 11.5 Å². The molecule has 0 aliphatic carbocycles. The Morgan fingerprint density at radius 3 is 2.55 bits per heavy atom. The van der Waals surface area contributed by atoms with Crippen LogP contribution >= 0.6 is 0 Å². The zero-order valence-corrected chi connectivity index (χ0v) is 11.8. The van der Waals surface area contributed by atoms with Crippen LogP contribution in [0.2, 0.25) is 0 Å². The smallest absolute Gasteiger partial charge is 0.119 e. The number of para-hydroxylation sites is 1. The average molecular weight is 271 g/mol. The van der Waals surface area contributed by atoms with Crippen LogP contribution in [0, 0.1) is 0 Å². The monoisotopic (exact) mass is 271 g/mol. The number of nitrogens with one attached hydrogen (secondary N) is 1. The van der Waals surface area contributed by atoms with E-state index in [-0.39, 0.29) is 0 Å². The zero-order valence-electron chi connectivity index (χ0n) is 11.8. The second-order valence-electron chi connectivity index (χ2n) is 4.54. The number of methoxy groups -OCH3 is 1. The summed E-state index contributed by atoms with van der Waals surface area (Å²) in [5, 5.41) is 3.40. The van der Waals surface area contributed by atoms with Crippen LogP contribution in [0.1, 0.15) is 12.0 Å². The molecule has 0 aliphatic heterocycles. The molecule has 3 nitrogen and oxygen atoms in total. The van der Waals surface area contributed by atoms with E-state index in [0.717, 1.165) is 37.6 Å². The van der Waals surface area contributed by atoms with Crippen LogP contribution in [0.25, 0.3) is 0 Å².